The minimum atomic E-state index is -0.852. The third-order valence-corrected chi connectivity index (χ3v) is 4.90. The van der Waals surface area contributed by atoms with Gasteiger partial charge < -0.3 is 5.11 Å². The Bertz CT molecular complexity index is 913. The molecular weight excluding hydrogens is 319 g/mol. The van der Waals surface area contributed by atoms with E-state index in [0.29, 0.717) is 0 Å². The SMILES string of the molecule is CCC(c1ccc2c(cnn2-c2ccc(F)cc2)c1)C(C)(C)C(=O)O. The van der Waals surface area contributed by atoms with Gasteiger partial charge in [-0.05, 0) is 68.1 Å². The molecule has 1 heterocycles. The van der Waals surface area contributed by atoms with E-state index < -0.39 is 11.4 Å². The van der Waals surface area contributed by atoms with Crippen LogP contribution in [0.2, 0.25) is 0 Å². The number of carbonyl (C=O) groups is 1. The van der Waals surface area contributed by atoms with Crippen molar-refractivity contribution in [2.75, 3.05) is 0 Å². The summed E-state index contributed by atoms with van der Waals surface area (Å²) in [5, 5.41) is 14.9. The van der Waals surface area contributed by atoms with Crippen molar-refractivity contribution in [3.63, 3.8) is 0 Å². The molecule has 0 aliphatic rings. The highest BCUT2D eigenvalue weighted by atomic mass is 19.1. The number of rotatable bonds is 5. The number of benzene rings is 2. The third-order valence-electron chi connectivity index (χ3n) is 4.90. The number of hydrogen-bond acceptors (Lipinski definition) is 2. The first-order chi connectivity index (χ1) is 11.8. The Balaban J connectivity index is 2.05. The zero-order chi connectivity index (χ0) is 18.2. The van der Waals surface area contributed by atoms with E-state index in [2.05, 4.69) is 5.10 Å². The Morgan fingerprint density at radius 1 is 1.24 bits per heavy atom. The van der Waals surface area contributed by atoms with Gasteiger partial charge in [-0.15, -0.1) is 0 Å². The predicted octanol–water partition coefficient (Wildman–Crippen LogP) is 4.77. The van der Waals surface area contributed by atoms with Crippen LogP contribution in [0.3, 0.4) is 0 Å². The predicted molar refractivity (Wildman–Crippen MR) is 95.5 cm³/mol. The summed E-state index contributed by atoms with van der Waals surface area (Å²) in [6.45, 7) is 5.52. The van der Waals surface area contributed by atoms with E-state index in [1.54, 1.807) is 36.9 Å². The minimum absolute atomic E-state index is 0.0939. The molecule has 0 spiro atoms. The number of aromatic nitrogens is 2. The van der Waals surface area contributed by atoms with Crippen LogP contribution in [-0.4, -0.2) is 20.9 Å². The van der Waals surface area contributed by atoms with E-state index in [4.69, 9.17) is 0 Å². The van der Waals surface area contributed by atoms with Crippen molar-refractivity contribution in [1.29, 1.82) is 0 Å². The fraction of sp³-hybridized carbons (Fsp3) is 0.300. The van der Waals surface area contributed by atoms with Crippen molar-refractivity contribution < 1.29 is 14.3 Å². The van der Waals surface area contributed by atoms with Crippen molar-refractivity contribution in [1.82, 2.24) is 9.78 Å². The molecule has 5 heteroatoms. The topological polar surface area (TPSA) is 55.1 Å². The highest BCUT2D eigenvalue weighted by Crippen LogP contribution is 2.39. The summed E-state index contributed by atoms with van der Waals surface area (Å²) >= 11 is 0. The standard InChI is InChI=1S/C20H21FN2O2/c1-4-17(20(2,3)19(24)25)13-5-10-18-14(11-13)12-22-23(18)16-8-6-15(21)7-9-16/h5-12,17H,4H2,1-3H3,(H,24,25). The number of aliphatic carboxylic acids is 1. The van der Waals surface area contributed by atoms with E-state index in [1.807, 2.05) is 25.1 Å². The van der Waals surface area contributed by atoms with Crippen LogP contribution in [0.1, 0.15) is 38.7 Å². The van der Waals surface area contributed by atoms with Gasteiger partial charge in [-0.1, -0.05) is 13.0 Å². The largest absolute Gasteiger partial charge is 0.481 e. The van der Waals surface area contributed by atoms with Gasteiger partial charge >= 0.3 is 5.97 Å². The van der Waals surface area contributed by atoms with Gasteiger partial charge in [0, 0.05) is 5.39 Å². The van der Waals surface area contributed by atoms with Crippen molar-refractivity contribution in [2.45, 2.75) is 33.1 Å². The van der Waals surface area contributed by atoms with Gasteiger partial charge in [-0.3, -0.25) is 4.79 Å². The fourth-order valence-corrected chi connectivity index (χ4v) is 3.37. The molecule has 3 aromatic rings. The second-order valence-corrected chi connectivity index (χ2v) is 6.84. The van der Waals surface area contributed by atoms with E-state index in [0.717, 1.165) is 28.6 Å². The Morgan fingerprint density at radius 2 is 1.92 bits per heavy atom. The zero-order valence-corrected chi connectivity index (χ0v) is 14.5. The first-order valence-electron chi connectivity index (χ1n) is 8.31. The highest BCUT2D eigenvalue weighted by molar-refractivity contribution is 5.82. The number of halogens is 1. The zero-order valence-electron chi connectivity index (χ0n) is 14.5. The second-order valence-electron chi connectivity index (χ2n) is 6.84. The van der Waals surface area contributed by atoms with Gasteiger partial charge in [0.1, 0.15) is 5.82 Å². The van der Waals surface area contributed by atoms with Crippen LogP contribution in [0.5, 0.6) is 0 Å². The van der Waals surface area contributed by atoms with Crippen molar-refractivity contribution >= 4 is 16.9 Å². The van der Waals surface area contributed by atoms with Gasteiger partial charge in [0.05, 0.1) is 22.8 Å². The van der Waals surface area contributed by atoms with Crippen LogP contribution < -0.4 is 0 Å². The quantitative estimate of drug-likeness (QED) is 0.728. The summed E-state index contributed by atoms with van der Waals surface area (Å²) in [5.41, 5.74) is 1.82. The lowest BCUT2D eigenvalue weighted by Gasteiger charge is -2.30. The molecule has 0 fully saturated rings. The Kier molecular flexibility index (Phi) is 4.33. The number of nitrogens with zero attached hydrogens (tertiary/aromatic N) is 2. The molecule has 1 N–H and O–H groups in total. The molecule has 0 radical (unpaired) electrons. The first-order valence-corrected chi connectivity index (χ1v) is 8.31. The number of fused-ring (bicyclic) bond motifs is 1. The van der Waals surface area contributed by atoms with Crippen molar-refractivity contribution in [2.24, 2.45) is 5.41 Å². The average Bonchev–Trinajstić information content (AvgIpc) is 2.99. The summed E-state index contributed by atoms with van der Waals surface area (Å²) in [6.07, 6.45) is 2.49. The maximum Gasteiger partial charge on any atom is 0.309 e. The molecule has 3 rings (SSSR count). The van der Waals surface area contributed by atoms with Gasteiger partial charge in [0.25, 0.3) is 0 Å². The number of carboxylic acid groups (broad SMARTS) is 1. The van der Waals surface area contributed by atoms with Crippen LogP contribution in [0.25, 0.3) is 16.6 Å². The van der Waals surface area contributed by atoms with Gasteiger partial charge in [-0.25, -0.2) is 9.07 Å². The van der Waals surface area contributed by atoms with Crippen LogP contribution in [0.4, 0.5) is 4.39 Å². The monoisotopic (exact) mass is 340 g/mol. The van der Waals surface area contributed by atoms with Gasteiger partial charge in [0.2, 0.25) is 0 Å². The van der Waals surface area contributed by atoms with Gasteiger partial charge in [-0.2, -0.15) is 5.10 Å². The normalized spacial score (nSPS) is 13.1. The maximum absolute atomic E-state index is 13.1. The lowest BCUT2D eigenvalue weighted by Crippen LogP contribution is -2.31. The molecule has 0 bridgehead atoms. The molecule has 1 aromatic heterocycles. The molecule has 0 saturated heterocycles. The lowest BCUT2D eigenvalue weighted by atomic mass is 9.73. The molecule has 2 aromatic carbocycles. The minimum Gasteiger partial charge on any atom is -0.481 e. The van der Waals surface area contributed by atoms with Crippen LogP contribution in [0, 0.1) is 11.2 Å². The molecular formula is C20H21FN2O2. The average molecular weight is 340 g/mol. The molecule has 0 amide bonds. The molecule has 4 nitrogen and oxygen atoms in total. The second kappa shape index (κ2) is 6.31. The number of hydrogen-bond donors (Lipinski definition) is 1. The lowest BCUT2D eigenvalue weighted by molar-refractivity contribution is -0.148. The molecule has 0 saturated carbocycles. The van der Waals surface area contributed by atoms with E-state index in [1.165, 1.54) is 12.1 Å². The smallest absolute Gasteiger partial charge is 0.309 e. The van der Waals surface area contributed by atoms with E-state index in [9.17, 15) is 14.3 Å². The molecule has 1 unspecified atom stereocenters. The summed E-state index contributed by atoms with van der Waals surface area (Å²) in [7, 11) is 0. The molecule has 25 heavy (non-hydrogen) atoms. The Labute approximate surface area is 145 Å². The number of carboxylic acids is 1. The van der Waals surface area contributed by atoms with Crippen LogP contribution >= 0.6 is 0 Å². The third kappa shape index (κ3) is 3.02. The van der Waals surface area contributed by atoms with Crippen molar-refractivity contribution in [3.8, 4) is 5.69 Å². The molecule has 130 valence electrons. The van der Waals surface area contributed by atoms with Crippen LogP contribution in [-0.2, 0) is 4.79 Å². The Hall–Kier alpha value is -2.69. The first kappa shape index (κ1) is 17.1. The summed E-state index contributed by atoms with van der Waals surface area (Å²) < 4.78 is 14.9. The summed E-state index contributed by atoms with van der Waals surface area (Å²) in [4.78, 5) is 11.6. The molecule has 0 aliphatic carbocycles. The molecule has 0 aliphatic heterocycles. The summed E-state index contributed by atoms with van der Waals surface area (Å²) in [6, 6.07) is 12.1. The van der Waals surface area contributed by atoms with Crippen LogP contribution in [0.15, 0.2) is 48.7 Å². The Morgan fingerprint density at radius 3 is 2.52 bits per heavy atom. The fourth-order valence-electron chi connectivity index (χ4n) is 3.37. The van der Waals surface area contributed by atoms with Gasteiger partial charge in [0.15, 0.2) is 0 Å². The van der Waals surface area contributed by atoms with Crippen molar-refractivity contribution in [3.05, 3.63) is 60.0 Å². The molecule has 1 atom stereocenters. The van der Waals surface area contributed by atoms with E-state index in [-0.39, 0.29) is 11.7 Å². The maximum atomic E-state index is 13.1. The highest BCUT2D eigenvalue weighted by Gasteiger charge is 2.36. The summed E-state index contributed by atoms with van der Waals surface area (Å²) in [5.74, 6) is -1.19. The van der Waals surface area contributed by atoms with E-state index >= 15 is 0 Å².